The molecule has 1 atom stereocenters. The van der Waals surface area contributed by atoms with Gasteiger partial charge in [-0.1, -0.05) is 6.92 Å². The highest BCUT2D eigenvalue weighted by Gasteiger charge is 2.14. The first kappa shape index (κ1) is 11.7. The fourth-order valence-electron chi connectivity index (χ4n) is 0.487. The summed E-state index contributed by atoms with van der Waals surface area (Å²) < 4.78 is 13.2. The molecule has 0 radical (unpaired) electrons. The molecular formula is C8H14O5. The molecule has 0 aliphatic carbocycles. The van der Waals surface area contributed by atoms with E-state index in [9.17, 15) is 9.59 Å². The summed E-state index contributed by atoms with van der Waals surface area (Å²) >= 11 is 0. The van der Waals surface area contributed by atoms with Crippen LogP contribution in [-0.4, -0.2) is 25.0 Å². The molecule has 0 heterocycles. The highest BCUT2D eigenvalue weighted by molar-refractivity contribution is 5.76. The molecule has 0 spiro atoms. The van der Waals surface area contributed by atoms with Crippen molar-refractivity contribution in [2.45, 2.75) is 33.3 Å². The zero-order valence-corrected chi connectivity index (χ0v) is 8.03. The molecular weight excluding hydrogens is 176 g/mol. The van der Waals surface area contributed by atoms with Gasteiger partial charge in [-0.15, -0.1) is 0 Å². The van der Waals surface area contributed by atoms with Crippen LogP contribution in [0.5, 0.6) is 0 Å². The summed E-state index contributed by atoms with van der Waals surface area (Å²) in [5, 5.41) is 0. The largest absolute Gasteiger partial charge is 0.518 e. The predicted molar refractivity (Wildman–Crippen MR) is 44.3 cm³/mol. The molecule has 76 valence electrons. The fraction of sp³-hybridized carbons (Fsp3) is 0.750. The van der Waals surface area contributed by atoms with Crippen LogP contribution in [0.2, 0.25) is 0 Å². The minimum Gasteiger partial charge on any atom is -0.434 e. The van der Waals surface area contributed by atoms with E-state index >= 15 is 0 Å². The van der Waals surface area contributed by atoms with Crippen LogP contribution in [0.1, 0.15) is 27.2 Å². The van der Waals surface area contributed by atoms with Crippen molar-refractivity contribution in [3.8, 4) is 0 Å². The lowest BCUT2D eigenvalue weighted by Gasteiger charge is -2.09. The van der Waals surface area contributed by atoms with Gasteiger partial charge in [0.05, 0.1) is 6.61 Å². The van der Waals surface area contributed by atoms with E-state index in [1.807, 2.05) is 6.92 Å². The third kappa shape index (κ3) is 5.95. The lowest BCUT2D eigenvalue weighted by Crippen LogP contribution is -2.19. The molecule has 0 N–H and O–H groups in total. The molecule has 0 fully saturated rings. The molecule has 5 heteroatoms. The predicted octanol–water partition coefficient (Wildman–Crippen LogP) is 2.09. The van der Waals surface area contributed by atoms with Gasteiger partial charge < -0.3 is 14.2 Å². The fourth-order valence-corrected chi connectivity index (χ4v) is 0.487. The zero-order chi connectivity index (χ0) is 10.3. The Morgan fingerprint density at radius 1 is 1.23 bits per heavy atom. The first-order chi connectivity index (χ1) is 6.10. The molecule has 0 aromatic carbocycles. The van der Waals surface area contributed by atoms with Gasteiger partial charge >= 0.3 is 12.3 Å². The van der Waals surface area contributed by atoms with Crippen molar-refractivity contribution in [2.75, 3.05) is 6.61 Å². The molecule has 0 aliphatic heterocycles. The maximum absolute atomic E-state index is 10.8. The van der Waals surface area contributed by atoms with E-state index in [-0.39, 0.29) is 12.7 Å². The summed E-state index contributed by atoms with van der Waals surface area (Å²) in [6, 6.07) is 0. The Kier molecular flexibility index (Phi) is 5.67. The van der Waals surface area contributed by atoms with E-state index in [1.165, 1.54) is 0 Å². The second-order valence-corrected chi connectivity index (χ2v) is 2.37. The van der Waals surface area contributed by atoms with Crippen molar-refractivity contribution < 1.29 is 23.8 Å². The van der Waals surface area contributed by atoms with Crippen molar-refractivity contribution in [1.82, 2.24) is 0 Å². The van der Waals surface area contributed by atoms with Crippen molar-refractivity contribution in [3.05, 3.63) is 0 Å². The standard InChI is InChI=1S/C8H14O5/c1-4-6(3)12-8(10)13-7(9)11-5-2/h6H,4-5H2,1-3H3. The van der Waals surface area contributed by atoms with Gasteiger partial charge in [0.2, 0.25) is 0 Å². The Morgan fingerprint density at radius 2 is 1.85 bits per heavy atom. The maximum atomic E-state index is 10.8. The number of rotatable bonds is 3. The van der Waals surface area contributed by atoms with Crippen LogP contribution in [0.15, 0.2) is 0 Å². The maximum Gasteiger partial charge on any atom is 0.518 e. The van der Waals surface area contributed by atoms with Gasteiger partial charge in [0.25, 0.3) is 0 Å². The van der Waals surface area contributed by atoms with E-state index < -0.39 is 12.3 Å². The van der Waals surface area contributed by atoms with Crippen molar-refractivity contribution >= 4 is 12.3 Å². The minimum atomic E-state index is -1.03. The van der Waals surface area contributed by atoms with E-state index in [0.29, 0.717) is 6.42 Å². The molecule has 1 unspecified atom stereocenters. The van der Waals surface area contributed by atoms with Crippen LogP contribution in [0.3, 0.4) is 0 Å². The number of carbonyl (C=O) groups excluding carboxylic acids is 2. The second kappa shape index (κ2) is 6.28. The summed E-state index contributed by atoms with van der Waals surface area (Å²) in [4.78, 5) is 21.3. The van der Waals surface area contributed by atoms with Crippen molar-refractivity contribution in [2.24, 2.45) is 0 Å². The molecule has 13 heavy (non-hydrogen) atoms. The topological polar surface area (TPSA) is 61.8 Å². The summed E-state index contributed by atoms with van der Waals surface area (Å²) in [5.74, 6) is 0. The molecule has 0 bridgehead atoms. The average molecular weight is 190 g/mol. The van der Waals surface area contributed by atoms with E-state index in [2.05, 4.69) is 14.2 Å². The number of ether oxygens (including phenoxy) is 3. The van der Waals surface area contributed by atoms with Gasteiger partial charge in [-0.2, -0.15) is 0 Å². The number of carbonyl (C=O) groups is 2. The smallest absolute Gasteiger partial charge is 0.434 e. The quantitative estimate of drug-likeness (QED) is 0.503. The number of hydrogen-bond acceptors (Lipinski definition) is 5. The summed E-state index contributed by atoms with van der Waals surface area (Å²) in [5.41, 5.74) is 0. The van der Waals surface area contributed by atoms with Crippen LogP contribution in [-0.2, 0) is 14.2 Å². The SMILES string of the molecule is CCOC(=O)OC(=O)OC(C)CC. The number of hydrogen-bond donors (Lipinski definition) is 0. The van der Waals surface area contributed by atoms with E-state index in [1.54, 1.807) is 13.8 Å². The highest BCUT2D eigenvalue weighted by Crippen LogP contribution is 1.99. The van der Waals surface area contributed by atoms with Crippen LogP contribution < -0.4 is 0 Å². The van der Waals surface area contributed by atoms with E-state index in [4.69, 9.17) is 0 Å². The molecule has 0 amide bonds. The van der Waals surface area contributed by atoms with Crippen LogP contribution in [0.25, 0.3) is 0 Å². The first-order valence-corrected chi connectivity index (χ1v) is 4.15. The molecule has 0 aromatic heterocycles. The Labute approximate surface area is 77.0 Å². The zero-order valence-electron chi connectivity index (χ0n) is 8.03. The normalized spacial score (nSPS) is 11.6. The Balaban J connectivity index is 3.67. The molecule has 0 rings (SSSR count). The van der Waals surface area contributed by atoms with Gasteiger partial charge in [0.15, 0.2) is 0 Å². The summed E-state index contributed by atoms with van der Waals surface area (Å²) in [6.07, 6.45) is -1.65. The monoisotopic (exact) mass is 190 g/mol. The Bertz CT molecular complexity index is 177. The average Bonchev–Trinajstić information content (AvgIpc) is 2.04. The van der Waals surface area contributed by atoms with Gasteiger partial charge in [0, 0.05) is 0 Å². The molecule has 0 aromatic rings. The lowest BCUT2D eigenvalue weighted by molar-refractivity contribution is 0.0210. The van der Waals surface area contributed by atoms with Gasteiger partial charge in [-0.3, -0.25) is 0 Å². The van der Waals surface area contributed by atoms with Crippen LogP contribution in [0.4, 0.5) is 9.59 Å². The van der Waals surface area contributed by atoms with Gasteiger partial charge in [0.1, 0.15) is 6.10 Å². The Morgan fingerprint density at radius 3 is 2.31 bits per heavy atom. The lowest BCUT2D eigenvalue weighted by atomic mass is 10.3. The van der Waals surface area contributed by atoms with Crippen LogP contribution in [0, 0.1) is 0 Å². The van der Waals surface area contributed by atoms with Crippen molar-refractivity contribution in [1.29, 1.82) is 0 Å². The minimum absolute atomic E-state index is 0.162. The molecule has 5 nitrogen and oxygen atoms in total. The summed E-state index contributed by atoms with van der Waals surface area (Å²) in [7, 11) is 0. The molecule has 0 aliphatic rings. The van der Waals surface area contributed by atoms with Gasteiger partial charge in [-0.05, 0) is 20.3 Å². The first-order valence-electron chi connectivity index (χ1n) is 4.15. The van der Waals surface area contributed by atoms with Crippen molar-refractivity contribution in [3.63, 3.8) is 0 Å². The third-order valence-electron chi connectivity index (χ3n) is 1.30. The highest BCUT2D eigenvalue weighted by atomic mass is 16.8. The Hall–Kier alpha value is -1.26. The third-order valence-corrected chi connectivity index (χ3v) is 1.30. The van der Waals surface area contributed by atoms with Gasteiger partial charge in [-0.25, -0.2) is 9.59 Å². The second-order valence-electron chi connectivity index (χ2n) is 2.37. The van der Waals surface area contributed by atoms with E-state index in [0.717, 1.165) is 0 Å². The summed E-state index contributed by atoms with van der Waals surface area (Å²) in [6.45, 7) is 5.32. The van der Waals surface area contributed by atoms with Crippen LogP contribution >= 0.6 is 0 Å². The molecule has 0 saturated heterocycles. The molecule has 0 saturated carbocycles.